The lowest BCUT2D eigenvalue weighted by Crippen LogP contribution is -2.37. The molecule has 1 unspecified atom stereocenters. The molecule has 27 heavy (non-hydrogen) atoms. The predicted molar refractivity (Wildman–Crippen MR) is 114 cm³/mol. The molecule has 4 nitrogen and oxygen atoms in total. The molecule has 1 heterocycles. The van der Waals surface area contributed by atoms with Gasteiger partial charge in [-0.1, -0.05) is 41.9 Å². The third-order valence-corrected chi connectivity index (χ3v) is 6.12. The van der Waals surface area contributed by atoms with Crippen LogP contribution in [0.25, 0.3) is 0 Å². The summed E-state index contributed by atoms with van der Waals surface area (Å²) in [5, 5.41) is 3.02. The van der Waals surface area contributed by atoms with Crippen LogP contribution in [0.15, 0.2) is 40.9 Å². The number of hydrogen-bond donors (Lipinski definition) is 1. The molecule has 0 aliphatic heterocycles. The first-order valence-electron chi connectivity index (χ1n) is 8.65. The quantitative estimate of drug-likeness (QED) is 0.532. The Hall–Kier alpha value is -1.37. The van der Waals surface area contributed by atoms with E-state index in [0.29, 0.717) is 26.5 Å². The van der Waals surface area contributed by atoms with Crippen molar-refractivity contribution in [2.75, 3.05) is 0 Å². The number of thiophene rings is 1. The number of nitrogens with one attached hydrogen (secondary N) is 1. The van der Waals surface area contributed by atoms with Gasteiger partial charge in [-0.2, -0.15) is 0 Å². The number of carbonyl (C=O) groups is 2. The first-order valence-corrected chi connectivity index (χ1v) is 10.6. The monoisotopic (exact) mass is 471 g/mol. The van der Waals surface area contributed by atoms with Gasteiger partial charge in [-0.05, 0) is 61.2 Å². The van der Waals surface area contributed by atoms with Crippen LogP contribution in [-0.4, -0.2) is 23.5 Å². The maximum atomic E-state index is 12.6. The van der Waals surface area contributed by atoms with E-state index < -0.39 is 5.60 Å². The van der Waals surface area contributed by atoms with Gasteiger partial charge in [0.25, 0.3) is 5.91 Å². The molecule has 0 radical (unpaired) electrons. The molecule has 1 amide bonds. The molecule has 2 aromatic rings. The third-order valence-electron chi connectivity index (χ3n) is 3.65. The molecule has 0 spiro atoms. The maximum absolute atomic E-state index is 12.6. The largest absolute Gasteiger partial charge is 0.460 e. The molecule has 0 aliphatic rings. The van der Waals surface area contributed by atoms with Crippen molar-refractivity contribution < 1.29 is 14.3 Å². The van der Waals surface area contributed by atoms with Crippen LogP contribution in [0.2, 0.25) is 4.34 Å². The Balaban J connectivity index is 2.04. The lowest BCUT2D eigenvalue weighted by Gasteiger charge is -2.22. The number of ether oxygens (including phenoxy) is 1. The van der Waals surface area contributed by atoms with Crippen LogP contribution in [0.3, 0.4) is 0 Å². The van der Waals surface area contributed by atoms with E-state index in [0.717, 1.165) is 5.56 Å². The van der Waals surface area contributed by atoms with E-state index >= 15 is 0 Å². The molecule has 0 saturated heterocycles. The summed E-state index contributed by atoms with van der Waals surface area (Å²) in [4.78, 5) is 25.2. The summed E-state index contributed by atoms with van der Waals surface area (Å²) >= 11 is 10.6. The number of carbonyl (C=O) groups excluding carboxylic acids is 2. The number of amides is 1. The van der Waals surface area contributed by atoms with Gasteiger partial charge >= 0.3 is 5.97 Å². The smallest absolute Gasteiger partial charge is 0.306 e. The van der Waals surface area contributed by atoms with E-state index in [1.54, 1.807) is 6.07 Å². The Morgan fingerprint density at radius 2 is 1.93 bits per heavy atom. The summed E-state index contributed by atoms with van der Waals surface area (Å²) in [5.41, 5.74) is 0.576. The lowest BCUT2D eigenvalue weighted by molar-refractivity contribution is -0.155. The highest BCUT2D eigenvalue weighted by Gasteiger charge is 2.21. The topological polar surface area (TPSA) is 55.4 Å². The van der Waals surface area contributed by atoms with Gasteiger partial charge < -0.3 is 10.1 Å². The molecule has 0 aliphatic carbocycles. The van der Waals surface area contributed by atoms with Crippen LogP contribution in [-0.2, 0) is 16.0 Å². The second kappa shape index (κ2) is 9.71. The summed E-state index contributed by atoms with van der Waals surface area (Å²) in [6.07, 6.45) is 1.37. The summed E-state index contributed by atoms with van der Waals surface area (Å²) in [5.74, 6) is -0.463. The van der Waals surface area contributed by atoms with Crippen molar-refractivity contribution in [2.45, 2.75) is 51.7 Å². The normalized spacial score (nSPS) is 12.5. The SMILES string of the molecule is CC(C)(C)OC(=O)CCC(Cc1ccccc1)NC(=O)c1cc(Br)c(Cl)s1. The fraction of sp³-hybridized carbons (Fsp3) is 0.400. The van der Waals surface area contributed by atoms with E-state index in [1.165, 1.54) is 11.3 Å². The second-order valence-electron chi connectivity index (χ2n) is 7.22. The molecular weight excluding hydrogens is 450 g/mol. The average Bonchev–Trinajstić information content (AvgIpc) is 2.91. The number of halogens is 2. The first kappa shape index (κ1) is 21.9. The van der Waals surface area contributed by atoms with Crippen LogP contribution in [0.4, 0.5) is 0 Å². The molecule has 146 valence electrons. The van der Waals surface area contributed by atoms with Crippen molar-refractivity contribution in [3.63, 3.8) is 0 Å². The minimum atomic E-state index is -0.519. The highest BCUT2D eigenvalue weighted by molar-refractivity contribution is 9.10. The van der Waals surface area contributed by atoms with E-state index in [2.05, 4.69) is 21.2 Å². The van der Waals surface area contributed by atoms with Crippen molar-refractivity contribution in [1.29, 1.82) is 0 Å². The maximum Gasteiger partial charge on any atom is 0.306 e. The Bertz CT molecular complexity index is 767. The van der Waals surface area contributed by atoms with Gasteiger partial charge in [0.2, 0.25) is 0 Å². The summed E-state index contributed by atoms with van der Waals surface area (Å²) in [6, 6.07) is 11.4. The third kappa shape index (κ3) is 7.64. The van der Waals surface area contributed by atoms with E-state index in [1.807, 2.05) is 51.1 Å². The molecule has 1 atom stereocenters. The van der Waals surface area contributed by atoms with E-state index in [4.69, 9.17) is 16.3 Å². The highest BCUT2D eigenvalue weighted by Crippen LogP contribution is 2.32. The zero-order valence-corrected chi connectivity index (χ0v) is 18.7. The molecule has 0 fully saturated rings. The fourth-order valence-corrected chi connectivity index (χ4v) is 4.13. The Labute approximate surface area is 177 Å². The molecule has 0 bridgehead atoms. The van der Waals surface area contributed by atoms with Gasteiger partial charge in [0.05, 0.1) is 4.88 Å². The zero-order chi connectivity index (χ0) is 20.0. The van der Waals surface area contributed by atoms with Crippen LogP contribution < -0.4 is 5.32 Å². The van der Waals surface area contributed by atoms with Gasteiger partial charge in [0.1, 0.15) is 9.94 Å². The molecule has 1 aromatic heterocycles. The minimum absolute atomic E-state index is 0.188. The van der Waals surface area contributed by atoms with Crippen LogP contribution in [0.5, 0.6) is 0 Å². The van der Waals surface area contributed by atoms with E-state index in [-0.39, 0.29) is 24.3 Å². The molecule has 7 heteroatoms. The molecular formula is C20H23BrClNO3S. The fourth-order valence-electron chi connectivity index (χ4n) is 2.52. The summed E-state index contributed by atoms with van der Waals surface area (Å²) in [6.45, 7) is 5.52. The molecule has 2 rings (SSSR count). The molecule has 0 saturated carbocycles. The van der Waals surface area contributed by atoms with Crippen LogP contribution >= 0.6 is 38.9 Å². The molecule has 1 N–H and O–H groups in total. The average molecular weight is 473 g/mol. The number of esters is 1. The van der Waals surface area contributed by atoms with Crippen molar-refractivity contribution in [2.24, 2.45) is 0 Å². The molecule has 1 aromatic carbocycles. The number of hydrogen-bond acceptors (Lipinski definition) is 4. The van der Waals surface area contributed by atoms with Gasteiger partial charge in [0, 0.05) is 16.9 Å². The lowest BCUT2D eigenvalue weighted by atomic mass is 10.0. The number of benzene rings is 1. The second-order valence-corrected chi connectivity index (χ2v) is 9.73. The Kier molecular flexibility index (Phi) is 7.89. The van der Waals surface area contributed by atoms with Gasteiger partial charge in [-0.15, -0.1) is 11.3 Å². The Morgan fingerprint density at radius 3 is 2.48 bits per heavy atom. The van der Waals surface area contributed by atoms with Crippen LogP contribution in [0, 0.1) is 0 Å². The predicted octanol–water partition coefficient (Wildman–Crippen LogP) is 5.63. The van der Waals surface area contributed by atoms with Crippen LogP contribution in [0.1, 0.15) is 48.8 Å². The van der Waals surface area contributed by atoms with Gasteiger partial charge in [-0.25, -0.2) is 0 Å². The first-order chi connectivity index (χ1) is 12.6. The summed E-state index contributed by atoms with van der Waals surface area (Å²) in [7, 11) is 0. The number of rotatable bonds is 7. The Morgan fingerprint density at radius 1 is 1.26 bits per heavy atom. The van der Waals surface area contributed by atoms with Gasteiger partial charge in [-0.3, -0.25) is 9.59 Å². The van der Waals surface area contributed by atoms with E-state index in [9.17, 15) is 9.59 Å². The minimum Gasteiger partial charge on any atom is -0.460 e. The zero-order valence-electron chi connectivity index (χ0n) is 15.6. The van der Waals surface area contributed by atoms with Crippen molar-refractivity contribution in [3.05, 3.63) is 55.6 Å². The van der Waals surface area contributed by atoms with Gasteiger partial charge in [0.15, 0.2) is 0 Å². The summed E-state index contributed by atoms with van der Waals surface area (Å²) < 4.78 is 6.61. The van der Waals surface area contributed by atoms with Crippen molar-refractivity contribution in [1.82, 2.24) is 5.32 Å². The highest BCUT2D eigenvalue weighted by atomic mass is 79.9. The van der Waals surface area contributed by atoms with Crippen molar-refractivity contribution >= 4 is 50.7 Å². The van der Waals surface area contributed by atoms with Crippen molar-refractivity contribution in [3.8, 4) is 0 Å². The standard InChI is InChI=1S/C20H23BrClNO3S/c1-20(2,3)26-17(24)10-9-14(11-13-7-5-4-6-8-13)23-19(25)16-12-15(21)18(22)27-16/h4-8,12,14H,9-11H2,1-3H3,(H,23,25).